The molecule has 0 bridgehead atoms. The van der Waals surface area contributed by atoms with Crippen LogP contribution in [-0.2, 0) is 0 Å². The zero-order valence-electron chi connectivity index (χ0n) is 24.3. The quantitative estimate of drug-likeness (QED) is 0.159. The van der Waals surface area contributed by atoms with Gasteiger partial charge in [0.15, 0.2) is 23.7 Å². The second kappa shape index (κ2) is 13.3. The molecule has 3 atom stereocenters. The number of pyridine rings is 1. The van der Waals surface area contributed by atoms with Crippen LogP contribution >= 0.6 is 0 Å². The van der Waals surface area contributed by atoms with Crippen molar-refractivity contribution in [1.82, 2.24) is 30.2 Å². The van der Waals surface area contributed by atoms with Crippen molar-refractivity contribution in [3.63, 3.8) is 0 Å². The molecule has 46 heavy (non-hydrogen) atoms. The van der Waals surface area contributed by atoms with Crippen molar-refractivity contribution in [3.8, 4) is 5.75 Å². The first-order chi connectivity index (χ1) is 21.6. The van der Waals surface area contributed by atoms with Crippen LogP contribution in [0, 0.1) is 11.8 Å². The normalized spacial score (nSPS) is 19.5. The van der Waals surface area contributed by atoms with Crippen LogP contribution in [-0.4, -0.2) is 61.7 Å². The van der Waals surface area contributed by atoms with Gasteiger partial charge in [-0.15, -0.1) is 0 Å². The molecule has 3 heterocycles. The SMILES string of the molecule is O=C(N[C@H](c1cn2ncc([C@H](NC(O)CCC(F)(F)F)C3CC3)cc2n1)C1CCC(F)(F)CC1)c1ncccc1OCC(F)(F)F. The third kappa shape index (κ3) is 9.02. The highest BCUT2D eigenvalue weighted by Crippen LogP contribution is 2.43. The Balaban J connectivity index is 1.40. The number of imidazole rings is 1. The highest BCUT2D eigenvalue weighted by atomic mass is 19.4. The number of alkyl halides is 8. The average Bonchev–Trinajstić information content (AvgIpc) is 3.74. The molecule has 0 spiro atoms. The molecule has 0 saturated heterocycles. The van der Waals surface area contributed by atoms with Crippen molar-refractivity contribution < 1.29 is 49.8 Å². The van der Waals surface area contributed by atoms with Crippen LogP contribution in [0.25, 0.3) is 5.65 Å². The lowest BCUT2D eigenvalue weighted by Crippen LogP contribution is -2.38. The van der Waals surface area contributed by atoms with Gasteiger partial charge in [0.1, 0.15) is 6.23 Å². The number of hydrogen-bond donors (Lipinski definition) is 3. The molecule has 3 aromatic rings. The smallest absolute Gasteiger partial charge is 0.422 e. The summed E-state index contributed by atoms with van der Waals surface area (Å²) in [7, 11) is 0. The van der Waals surface area contributed by atoms with E-state index in [1.165, 1.54) is 29.2 Å². The van der Waals surface area contributed by atoms with Gasteiger partial charge in [0, 0.05) is 31.5 Å². The summed E-state index contributed by atoms with van der Waals surface area (Å²) in [6, 6.07) is 2.64. The minimum Gasteiger partial charge on any atom is -0.482 e. The minimum absolute atomic E-state index is 0.0215. The Labute approximate surface area is 257 Å². The van der Waals surface area contributed by atoms with Gasteiger partial charge in [-0.05, 0) is 67.7 Å². The summed E-state index contributed by atoms with van der Waals surface area (Å²) in [4.78, 5) is 21.8. The number of nitrogens with zero attached hydrogens (tertiary/aromatic N) is 4. The number of aromatic nitrogens is 4. The van der Waals surface area contributed by atoms with Gasteiger partial charge < -0.3 is 15.2 Å². The van der Waals surface area contributed by atoms with E-state index in [-0.39, 0.29) is 30.1 Å². The summed E-state index contributed by atoms with van der Waals surface area (Å²) in [6.45, 7) is -1.66. The van der Waals surface area contributed by atoms with Gasteiger partial charge in [-0.3, -0.25) is 10.1 Å². The largest absolute Gasteiger partial charge is 0.482 e. The van der Waals surface area contributed by atoms with Crippen molar-refractivity contribution in [2.24, 2.45) is 11.8 Å². The molecule has 2 aliphatic carbocycles. The number of fused-ring (bicyclic) bond motifs is 1. The molecule has 2 fully saturated rings. The maximum Gasteiger partial charge on any atom is 0.422 e. The standard InChI is InChI=1S/C29H32F8N6O3/c30-27(31)8-5-17(6-9-27)24(42-26(45)25-20(2-1-11-38-25)46-15-29(35,36)37)19-14-43-21(40-19)12-18(13-39-43)23(16-3-4-16)41-22(44)7-10-28(32,33)34/h1-2,11-14,16-17,22-24,41,44H,3-10,15H2,(H,42,45)/t22?,23-,24+/m1/s1. The van der Waals surface area contributed by atoms with Crippen molar-refractivity contribution >= 4 is 11.6 Å². The van der Waals surface area contributed by atoms with Gasteiger partial charge in [-0.1, -0.05) is 0 Å². The predicted molar refractivity (Wildman–Crippen MR) is 146 cm³/mol. The van der Waals surface area contributed by atoms with Gasteiger partial charge in [0.2, 0.25) is 5.92 Å². The van der Waals surface area contributed by atoms with Gasteiger partial charge in [0.25, 0.3) is 5.91 Å². The molecule has 17 heteroatoms. The molecule has 1 amide bonds. The number of aliphatic hydroxyl groups excluding tert-OH is 1. The number of aliphatic hydroxyl groups is 1. The Morgan fingerprint density at radius 3 is 2.41 bits per heavy atom. The number of ether oxygens (including phenoxy) is 1. The van der Waals surface area contributed by atoms with Crippen LogP contribution in [0.4, 0.5) is 35.1 Å². The van der Waals surface area contributed by atoms with Crippen LogP contribution in [0.2, 0.25) is 0 Å². The molecule has 0 aliphatic heterocycles. The van der Waals surface area contributed by atoms with Crippen LogP contribution < -0.4 is 15.4 Å². The number of halogens is 8. The van der Waals surface area contributed by atoms with Crippen molar-refractivity contribution in [1.29, 1.82) is 0 Å². The van der Waals surface area contributed by atoms with Gasteiger partial charge in [0.05, 0.1) is 24.1 Å². The van der Waals surface area contributed by atoms with Crippen LogP contribution in [0.3, 0.4) is 0 Å². The topological polar surface area (TPSA) is 114 Å². The molecule has 252 valence electrons. The van der Waals surface area contributed by atoms with E-state index in [1.54, 1.807) is 6.07 Å². The van der Waals surface area contributed by atoms with E-state index < -0.39 is 92.1 Å². The Morgan fingerprint density at radius 2 is 1.76 bits per heavy atom. The first-order valence-corrected chi connectivity index (χ1v) is 14.8. The third-order valence-electron chi connectivity index (χ3n) is 8.10. The van der Waals surface area contributed by atoms with E-state index in [0.717, 1.165) is 18.9 Å². The molecule has 5 rings (SSSR count). The second-order valence-corrected chi connectivity index (χ2v) is 11.8. The number of carbonyl (C=O) groups excluding carboxylic acids is 1. The summed E-state index contributed by atoms with van der Waals surface area (Å²) >= 11 is 0. The number of nitrogens with one attached hydrogen (secondary N) is 2. The maximum absolute atomic E-state index is 14.0. The lowest BCUT2D eigenvalue weighted by molar-refractivity contribution is -0.153. The molecule has 9 nitrogen and oxygen atoms in total. The minimum atomic E-state index is -4.67. The van der Waals surface area contributed by atoms with Crippen molar-refractivity contribution in [2.75, 3.05) is 6.61 Å². The summed E-state index contributed by atoms with van der Waals surface area (Å²) < 4.78 is 111. The molecular weight excluding hydrogens is 632 g/mol. The van der Waals surface area contributed by atoms with E-state index in [1.807, 2.05) is 0 Å². The molecule has 2 aliphatic rings. The average molecular weight is 665 g/mol. The first kappa shape index (κ1) is 33.8. The Kier molecular flexibility index (Phi) is 9.73. The summed E-state index contributed by atoms with van der Waals surface area (Å²) in [5, 5.41) is 20.2. The van der Waals surface area contributed by atoms with Gasteiger partial charge in [-0.2, -0.15) is 31.4 Å². The monoisotopic (exact) mass is 664 g/mol. The second-order valence-electron chi connectivity index (χ2n) is 11.8. The summed E-state index contributed by atoms with van der Waals surface area (Å²) in [6.07, 6.45) is -7.27. The van der Waals surface area contributed by atoms with E-state index in [9.17, 15) is 45.0 Å². The van der Waals surface area contributed by atoms with E-state index in [2.05, 4.69) is 25.7 Å². The highest BCUT2D eigenvalue weighted by Gasteiger charge is 2.40. The van der Waals surface area contributed by atoms with Gasteiger partial charge in [-0.25, -0.2) is 23.3 Å². The Morgan fingerprint density at radius 1 is 1.07 bits per heavy atom. The fourth-order valence-electron chi connectivity index (χ4n) is 5.63. The fraction of sp³-hybridized carbons (Fsp3) is 0.586. The molecule has 3 N–H and O–H groups in total. The fourth-order valence-corrected chi connectivity index (χ4v) is 5.63. The molecular formula is C29H32F8N6O3. The number of amides is 1. The third-order valence-corrected chi connectivity index (χ3v) is 8.10. The van der Waals surface area contributed by atoms with Gasteiger partial charge >= 0.3 is 12.4 Å². The molecule has 0 radical (unpaired) electrons. The van der Waals surface area contributed by atoms with E-state index in [0.29, 0.717) is 5.56 Å². The van der Waals surface area contributed by atoms with Crippen LogP contribution in [0.1, 0.15) is 85.2 Å². The Hall–Kier alpha value is -3.60. The molecule has 3 aromatic heterocycles. The zero-order valence-corrected chi connectivity index (χ0v) is 24.3. The first-order valence-electron chi connectivity index (χ1n) is 14.8. The van der Waals surface area contributed by atoms with Crippen LogP contribution in [0.5, 0.6) is 5.75 Å². The lowest BCUT2D eigenvalue weighted by Gasteiger charge is -2.33. The molecule has 2 saturated carbocycles. The molecule has 0 aromatic carbocycles. The van der Waals surface area contributed by atoms with Crippen LogP contribution in [0.15, 0.2) is 36.8 Å². The number of hydrogen-bond acceptors (Lipinski definition) is 7. The summed E-state index contributed by atoms with van der Waals surface area (Å²) in [5.41, 5.74) is 0.681. The van der Waals surface area contributed by atoms with E-state index in [4.69, 9.17) is 4.74 Å². The summed E-state index contributed by atoms with van der Waals surface area (Å²) in [5.74, 6) is -4.64. The number of rotatable bonds is 12. The highest BCUT2D eigenvalue weighted by molar-refractivity contribution is 5.95. The Bertz CT molecular complexity index is 1500. The predicted octanol–water partition coefficient (Wildman–Crippen LogP) is 6.06. The zero-order chi connectivity index (χ0) is 33.3. The van der Waals surface area contributed by atoms with E-state index >= 15 is 0 Å². The number of carbonyl (C=O) groups is 1. The van der Waals surface area contributed by atoms with Crippen molar-refractivity contribution in [2.45, 2.75) is 88.0 Å². The van der Waals surface area contributed by atoms with Crippen molar-refractivity contribution in [3.05, 3.63) is 53.7 Å². The lowest BCUT2D eigenvalue weighted by atomic mass is 9.81. The molecule has 1 unspecified atom stereocenters. The maximum atomic E-state index is 14.0.